The lowest BCUT2D eigenvalue weighted by molar-refractivity contribution is 0.268. The minimum Gasteiger partial charge on any atom is -0.312 e. The van der Waals surface area contributed by atoms with Crippen molar-refractivity contribution in [1.29, 1.82) is 0 Å². The first-order valence-corrected chi connectivity index (χ1v) is 5.46. The standard InChI is InChI=1S/C11H23N3/c1-8(11(2,3)4)7-10(14-12)13-9-5-6-9/h8-9H,5-7,12H2,1-4H3,(H,13,14). The summed E-state index contributed by atoms with van der Waals surface area (Å²) >= 11 is 0. The number of hydrazine groups is 1. The molecule has 1 aliphatic rings. The number of hydrogen-bond donors (Lipinski definition) is 2. The molecule has 3 heteroatoms. The summed E-state index contributed by atoms with van der Waals surface area (Å²) in [5.74, 6) is 7.02. The Labute approximate surface area is 87.1 Å². The van der Waals surface area contributed by atoms with Gasteiger partial charge in [0.2, 0.25) is 0 Å². The largest absolute Gasteiger partial charge is 0.312 e. The summed E-state index contributed by atoms with van der Waals surface area (Å²) in [6.45, 7) is 9.01. The van der Waals surface area contributed by atoms with Gasteiger partial charge in [-0.3, -0.25) is 4.99 Å². The van der Waals surface area contributed by atoms with Crippen LogP contribution in [0.4, 0.5) is 0 Å². The van der Waals surface area contributed by atoms with Crippen molar-refractivity contribution < 1.29 is 0 Å². The van der Waals surface area contributed by atoms with Crippen molar-refractivity contribution in [3.8, 4) is 0 Å². The van der Waals surface area contributed by atoms with E-state index in [0.29, 0.717) is 17.4 Å². The van der Waals surface area contributed by atoms with E-state index in [-0.39, 0.29) is 0 Å². The van der Waals surface area contributed by atoms with Gasteiger partial charge < -0.3 is 5.43 Å². The summed E-state index contributed by atoms with van der Waals surface area (Å²) in [7, 11) is 0. The summed E-state index contributed by atoms with van der Waals surface area (Å²) in [5.41, 5.74) is 3.05. The third kappa shape index (κ3) is 3.66. The Morgan fingerprint density at radius 3 is 2.43 bits per heavy atom. The predicted molar refractivity (Wildman–Crippen MR) is 61.0 cm³/mol. The number of aliphatic imine (C=N–C) groups is 1. The highest BCUT2D eigenvalue weighted by Gasteiger charge is 2.24. The highest BCUT2D eigenvalue weighted by Crippen LogP contribution is 2.29. The molecule has 1 aliphatic carbocycles. The lowest BCUT2D eigenvalue weighted by atomic mass is 9.80. The SMILES string of the molecule is CC(CC(=NC1CC1)NN)C(C)(C)C. The molecule has 0 radical (unpaired) electrons. The quantitative estimate of drug-likeness (QED) is 0.315. The van der Waals surface area contributed by atoms with Gasteiger partial charge in [-0.25, -0.2) is 5.84 Å². The molecule has 0 aliphatic heterocycles. The van der Waals surface area contributed by atoms with E-state index in [0.717, 1.165) is 12.3 Å². The third-order valence-electron chi connectivity index (χ3n) is 3.03. The zero-order chi connectivity index (χ0) is 10.8. The summed E-state index contributed by atoms with van der Waals surface area (Å²) in [6, 6.07) is 0.549. The summed E-state index contributed by atoms with van der Waals surface area (Å²) < 4.78 is 0. The minimum atomic E-state index is 0.321. The van der Waals surface area contributed by atoms with Gasteiger partial charge in [-0.15, -0.1) is 0 Å². The van der Waals surface area contributed by atoms with Crippen molar-refractivity contribution >= 4 is 5.84 Å². The number of nitrogens with two attached hydrogens (primary N) is 1. The average Bonchev–Trinajstić information content (AvgIpc) is 2.85. The Morgan fingerprint density at radius 1 is 1.50 bits per heavy atom. The van der Waals surface area contributed by atoms with Gasteiger partial charge in [0.1, 0.15) is 5.84 Å². The molecule has 1 atom stereocenters. The van der Waals surface area contributed by atoms with E-state index in [2.05, 4.69) is 38.1 Å². The van der Waals surface area contributed by atoms with Gasteiger partial charge in [-0.05, 0) is 24.2 Å². The number of hydrogen-bond acceptors (Lipinski definition) is 2. The molecule has 1 unspecified atom stereocenters. The van der Waals surface area contributed by atoms with Crippen molar-refractivity contribution in [3.05, 3.63) is 0 Å². The van der Waals surface area contributed by atoms with Crippen LogP contribution in [0, 0.1) is 11.3 Å². The van der Waals surface area contributed by atoms with Crippen LogP contribution in [0.3, 0.4) is 0 Å². The summed E-state index contributed by atoms with van der Waals surface area (Å²) in [6.07, 6.45) is 3.42. The molecule has 1 fully saturated rings. The van der Waals surface area contributed by atoms with Crippen molar-refractivity contribution in [3.63, 3.8) is 0 Å². The number of nitrogens with one attached hydrogen (secondary N) is 1. The number of rotatable bonds is 3. The van der Waals surface area contributed by atoms with Crippen molar-refractivity contribution in [2.45, 2.75) is 53.0 Å². The van der Waals surface area contributed by atoms with Gasteiger partial charge in [0.25, 0.3) is 0 Å². The molecule has 82 valence electrons. The first kappa shape index (κ1) is 11.5. The molecule has 14 heavy (non-hydrogen) atoms. The molecule has 1 rings (SSSR count). The van der Waals surface area contributed by atoms with Gasteiger partial charge >= 0.3 is 0 Å². The van der Waals surface area contributed by atoms with Gasteiger partial charge in [-0.2, -0.15) is 0 Å². The first-order valence-electron chi connectivity index (χ1n) is 5.46. The first-order chi connectivity index (χ1) is 6.43. The summed E-state index contributed by atoms with van der Waals surface area (Å²) in [5, 5.41) is 0. The van der Waals surface area contributed by atoms with Gasteiger partial charge in [-0.1, -0.05) is 27.7 Å². The van der Waals surface area contributed by atoms with Crippen molar-refractivity contribution in [2.24, 2.45) is 22.2 Å². The van der Waals surface area contributed by atoms with E-state index in [1.54, 1.807) is 0 Å². The Bertz CT molecular complexity index is 211. The Balaban J connectivity index is 2.47. The van der Waals surface area contributed by atoms with Crippen LogP contribution in [0.2, 0.25) is 0 Å². The smallest absolute Gasteiger partial charge is 0.111 e. The maximum Gasteiger partial charge on any atom is 0.111 e. The molecule has 0 aromatic heterocycles. The second-order valence-corrected chi connectivity index (χ2v) is 5.42. The molecule has 3 N–H and O–H groups in total. The monoisotopic (exact) mass is 197 g/mol. The minimum absolute atomic E-state index is 0.321. The van der Waals surface area contributed by atoms with Crippen LogP contribution in [0.5, 0.6) is 0 Å². The Hall–Kier alpha value is -0.570. The van der Waals surface area contributed by atoms with Crippen molar-refractivity contribution in [1.82, 2.24) is 5.43 Å². The van der Waals surface area contributed by atoms with Crippen LogP contribution in [0.25, 0.3) is 0 Å². The lowest BCUT2D eigenvalue weighted by Crippen LogP contribution is -2.34. The Morgan fingerprint density at radius 2 is 2.07 bits per heavy atom. The van der Waals surface area contributed by atoms with E-state index in [4.69, 9.17) is 5.84 Å². The maximum atomic E-state index is 5.46. The van der Waals surface area contributed by atoms with Crippen LogP contribution in [0.15, 0.2) is 4.99 Å². The summed E-state index contributed by atoms with van der Waals surface area (Å²) in [4.78, 5) is 4.54. The topological polar surface area (TPSA) is 50.4 Å². The van der Waals surface area contributed by atoms with Crippen LogP contribution < -0.4 is 11.3 Å². The van der Waals surface area contributed by atoms with Gasteiger partial charge in [0.05, 0.1) is 6.04 Å². The van der Waals surface area contributed by atoms with E-state index in [1.165, 1.54) is 12.8 Å². The number of nitrogens with zero attached hydrogens (tertiary/aromatic N) is 1. The zero-order valence-electron chi connectivity index (χ0n) is 9.80. The Kier molecular flexibility index (Phi) is 3.53. The van der Waals surface area contributed by atoms with Crippen molar-refractivity contribution in [2.75, 3.05) is 0 Å². The highest BCUT2D eigenvalue weighted by atomic mass is 15.3. The molecule has 0 bridgehead atoms. The van der Waals surface area contributed by atoms with E-state index in [9.17, 15) is 0 Å². The van der Waals surface area contributed by atoms with Crippen LogP contribution in [-0.2, 0) is 0 Å². The van der Waals surface area contributed by atoms with Crippen LogP contribution in [0.1, 0.15) is 47.0 Å². The average molecular weight is 197 g/mol. The van der Waals surface area contributed by atoms with Crippen LogP contribution in [-0.4, -0.2) is 11.9 Å². The second kappa shape index (κ2) is 4.30. The molecule has 0 aromatic rings. The van der Waals surface area contributed by atoms with Gasteiger partial charge in [0, 0.05) is 6.42 Å². The highest BCUT2D eigenvalue weighted by molar-refractivity contribution is 5.82. The molecule has 0 aromatic carbocycles. The fourth-order valence-corrected chi connectivity index (χ4v) is 1.17. The maximum absolute atomic E-state index is 5.46. The van der Waals surface area contributed by atoms with E-state index < -0.39 is 0 Å². The normalized spacial score (nSPS) is 20.8. The zero-order valence-corrected chi connectivity index (χ0v) is 9.80. The van der Waals surface area contributed by atoms with Gasteiger partial charge in [0.15, 0.2) is 0 Å². The van der Waals surface area contributed by atoms with E-state index in [1.807, 2.05) is 0 Å². The molecule has 1 saturated carbocycles. The molecule has 0 heterocycles. The molecular formula is C11H23N3. The predicted octanol–water partition coefficient (Wildman–Crippen LogP) is 2.08. The fraction of sp³-hybridized carbons (Fsp3) is 0.909. The third-order valence-corrected chi connectivity index (χ3v) is 3.03. The molecular weight excluding hydrogens is 174 g/mol. The second-order valence-electron chi connectivity index (χ2n) is 5.42. The lowest BCUT2D eigenvalue weighted by Gasteiger charge is -2.27. The fourth-order valence-electron chi connectivity index (χ4n) is 1.17. The molecule has 3 nitrogen and oxygen atoms in total. The van der Waals surface area contributed by atoms with Crippen LogP contribution >= 0.6 is 0 Å². The molecule has 0 amide bonds. The molecule has 0 saturated heterocycles. The van der Waals surface area contributed by atoms with E-state index >= 15 is 0 Å². The number of amidine groups is 1. The molecule has 0 spiro atoms.